The molecule has 0 saturated carbocycles. The summed E-state index contributed by atoms with van der Waals surface area (Å²) in [6.45, 7) is 2.74. The molecule has 24 heavy (non-hydrogen) atoms. The second-order valence-corrected chi connectivity index (χ2v) is 5.18. The van der Waals surface area contributed by atoms with Crippen LogP contribution in [-0.4, -0.2) is 56.6 Å². The van der Waals surface area contributed by atoms with E-state index in [1.54, 1.807) is 0 Å². The van der Waals surface area contributed by atoms with Gasteiger partial charge in [0.1, 0.15) is 5.75 Å². The number of nitrogens with two attached hydrogens (primary N) is 1. The molecule has 1 aliphatic rings. The Balaban J connectivity index is 0.00000288. The zero-order valence-corrected chi connectivity index (χ0v) is 15.4. The molecular weight excluding hydrogens is 440 g/mol. The standard InChI is InChI=1S/C14H19F3N4O2.HI/c1-21-6-7-22-12(9-21)8-19-13(18)20-10-2-4-11(5-3-10)23-14(15,16)17;/h2-5,12H,6-9H2,1H3,(H3,18,19,20);1H. The lowest BCUT2D eigenvalue weighted by molar-refractivity contribution is -0.274. The molecule has 0 amide bonds. The summed E-state index contributed by atoms with van der Waals surface area (Å²) in [6.07, 6.45) is -4.72. The van der Waals surface area contributed by atoms with Crippen LogP contribution >= 0.6 is 24.0 Å². The van der Waals surface area contributed by atoms with Crippen LogP contribution in [0.3, 0.4) is 0 Å². The summed E-state index contributed by atoms with van der Waals surface area (Å²) in [5.41, 5.74) is 6.27. The van der Waals surface area contributed by atoms with Crippen molar-refractivity contribution in [2.45, 2.75) is 12.5 Å². The molecule has 1 aliphatic heterocycles. The molecular formula is C14H20F3IN4O2. The van der Waals surface area contributed by atoms with Gasteiger partial charge in [-0.05, 0) is 31.3 Å². The topological polar surface area (TPSA) is 72.1 Å². The van der Waals surface area contributed by atoms with Gasteiger partial charge in [-0.3, -0.25) is 4.99 Å². The van der Waals surface area contributed by atoms with Crippen molar-refractivity contribution in [1.29, 1.82) is 0 Å². The fourth-order valence-electron chi connectivity index (χ4n) is 2.10. The lowest BCUT2D eigenvalue weighted by Gasteiger charge is -2.29. The average Bonchev–Trinajstić information content (AvgIpc) is 2.46. The van der Waals surface area contributed by atoms with Crippen molar-refractivity contribution in [3.8, 4) is 5.75 Å². The third-order valence-corrected chi connectivity index (χ3v) is 3.17. The van der Waals surface area contributed by atoms with Crippen molar-refractivity contribution in [3.63, 3.8) is 0 Å². The summed E-state index contributed by atoms with van der Waals surface area (Å²) in [4.78, 5) is 6.33. The summed E-state index contributed by atoms with van der Waals surface area (Å²) in [7, 11) is 2.01. The first-order valence-corrected chi connectivity index (χ1v) is 7.05. The fraction of sp³-hybridized carbons (Fsp3) is 0.500. The minimum absolute atomic E-state index is 0. The molecule has 0 aromatic heterocycles. The van der Waals surface area contributed by atoms with E-state index in [2.05, 4.69) is 19.9 Å². The number of aliphatic imine (C=N–C) groups is 1. The zero-order valence-electron chi connectivity index (χ0n) is 13.0. The number of likely N-dealkylation sites (N-methyl/N-ethyl adjacent to an activating group) is 1. The summed E-state index contributed by atoms with van der Waals surface area (Å²) < 4.78 is 45.5. The van der Waals surface area contributed by atoms with Gasteiger partial charge in [-0.25, -0.2) is 0 Å². The normalized spacial score (nSPS) is 19.5. The number of rotatable bonds is 4. The number of halogens is 4. The number of ether oxygens (including phenoxy) is 2. The van der Waals surface area contributed by atoms with Gasteiger partial charge < -0.3 is 25.4 Å². The summed E-state index contributed by atoms with van der Waals surface area (Å²) in [5, 5.41) is 2.80. The number of nitrogens with one attached hydrogen (secondary N) is 1. The van der Waals surface area contributed by atoms with E-state index >= 15 is 0 Å². The maximum absolute atomic E-state index is 12.1. The molecule has 1 unspecified atom stereocenters. The van der Waals surface area contributed by atoms with Crippen LogP contribution in [0.1, 0.15) is 0 Å². The first-order valence-electron chi connectivity index (χ1n) is 7.05. The molecule has 0 spiro atoms. The first kappa shape index (κ1) is 20.8. The Hall–Kier alpha value is -1.27. The first-order chi connectivity index (χ1) is 10.8. The maximum atomic E-state index is 12.1. The number of morpholine rings is 1. The van der Waals surface area contributed by atoms with Crippen LogP contribution in [0.2, 0.25) is 0 Å². The number of anilines is 1. The van der Waals surface area contributed by atoms with Crippen molar-refractivity contribution in [3.05, 3.63) is 24.3 Å². The highest BCUT2D eigenvalue weighted by atomic mass is 127. The van der Waals surface area contributed by atoms with Gasteiger partial charge in [0.05, 0.1) is 19.3 Å². The zero-order chi connectivity index (χ0) is 16.9. The quantitative estimate of drug-likeness (QED) is 0.410. The second-order valence-electron chi connectivity index (χ2n) is 5.18. The molecule has 6 nitrogen and oxygen atoms in total. The Labute approximate surface area is 155 Å². The van der Waals surface area contributed by atoms with Crippen LogP contribution < -0.4 is 15.8 Å². The molecule has 1 aromatic carbocycles. The maximum Gasteiger partial charge on any atom is 0.573 e. The molecule has 1 saturated heterocycles. The van der Waals surface area contributed by atoms with Crippen molar-refractivity contribution < 1.29 is 22.6 Å². The van der Waals surface area contributed by atoms with E-state index in [0.717, 1.165) is 13.1 Å². The summed E-state index contributed by atoms with van der Waals surface area (Å²) >= 11 is 0. The van der Waals surface area contributed by atoms with Gasteiger partial charge in [-0.2, -0.15) is 0 Å². The van der Waals surface area contributed by atoms with Gasteiger partial charge in [0.15, 0.2) is 5.96 Å². The fourth-order valence-corrected chi connectivity index (χ4v) is 2.10. The molecule has 0 radical (unpaired) electrons. The molecule has 10 heteroatoms. The third-order valence-electron chi connectivity index (χ3n) is 3.17. The Kier molecular flexibility index (Phi) is 8.03. The monoisotopic (exact) mass is 460 g/mol. The highest BCUT2D eigenvalue weighted by Gasteiger charge is 2.30. The molecule has 136 valence electrons. The van der Waals surface area contributed by atoms with Crippen molar-refractivity contribution in [2.75, 3.05) is 38.6 Å². The number of nitrogens with zero attached hydrogens (tertiary/aromatic N) is 2. The van der Waals surface area contributed by atoms with E-state index < -0.39 is 6.36 Å². The second kappa shape index (κ2) is 9.28. The lowest BCUT2D eigenvalue weighted by Crippen LogP contribution is -2.41. The lowest BCUT2D eigenvalue weighted by atomic mass is 10.3. The number of hydrogen-bond donors (Lipinski definition) is 2. The van der Waals surface area contributed by atoms with Gasteiger partial charge in [0, 0.05) is 18.8 Å². The van der Waals surface area contributed by atoms with Crippen LogP contribution in [0, 0.1) is 0 Å². The van der Waals surface area contributed by atoms with Gasteiger partial charge in [-0.1, -0.05) is 0 Å². The molecule has 3 N–H and O–H groups in total. The van der Waals surface area contributed by atoms with Crippen LogP contribution in [0.15, 0.2) is 29.3 Å². The number of benzene rings is 1. The summed E-state index contributed by atoms with van der Waals surface area (Å²) in [6, 6.07) is 5.24. The van der Waals surface area contributed by atoms with Gasteiger partial charge >= 0.3 is 6.36 Å². The van der Waals surface area contributed by atoms with Gasteiger partial charge in [0.2, 0.25) is 0 Å². The number of guanidine groups is 1. The molecule has 0 bridgehead atoms. The molecule has 2 rings (SSSR count). The predicted molar refractivity (Wildman–Crippen MR) is 95.9 cm³/mol. The third kappa shape index (κ3) is 7.53. The Morgan fingerprint density at radius 1 is 1.42 bits per heavy atom. The molecule has 1 atom stereocenters. The van der Waals surface area contributed by atoms with Crippen LogP contribution in [-0.2, 0) is 4.74 Å². The van der Waals surface area contributed by atoms with E-state index in [9.17, 15) is 13.2 Å². The Bertz CT molecular complexity index is 540. The minimum Gasteiger partial charge on any atom is -0.406 e. The van der Waals surface area contributed by atoms with Gasteiger partial charge in [-0.15, -0.1) is 37.1 Å². The number of hydrogen-bond acceptors (Lipinski definition) is 4. The van der Waals surface area contributed by atoms with E-state index in [1.165, 1.54) is 24.3 Å². The number of alkyl halides is 3. The molecule has 1 heterocycles. The van der Waals surface area contributed by atoms with Crippen LogP contribution in [0.25, 0.3) is 0 Å². The van der Waals surface area contributed by atoms with Crippen LogP contribution in [0.5, 0.6) is 5.75 Å². The molecule has 1 fully saturated rings. The SMILES string of the molecule is CN1CCOC(CN=C(N)Nc2ccc(OC(F)(F)F)cc2)C1.I. The average molecular weight is 460 g/mol. The predicted octanol–water partition coefficient (Wildman–Crippen LogP) is 2.26. The molecule has 0 aliphatic carbocycles. The van der Waals surface area contributed by atoms with Crippen molar-refractivity contribution >= 4 is 35.6 Å². The summed E-state index contributed by atoms with van der Waals surface area (Å²) in [5.74, 6) is -0.122. The van der Waals surface area contributed by atoms with E-state index in [4.69, 9.17) is 10.5 Å². The smallest absolute Gasteiger partial charge is 0.406 e. The van der Waals surface area contributed by atoms with E-state index in [1.807, 2.05) is 7.05 Å². The van der Waals surface area contributed by atoms with Crippen LogP contribution in [0.4, 0.5) is 18.9 Å². The van der Waals surface area contributed by atoms with E-state index in [-0.39, 0.29) is 41.8 Å². The Morgan fingerprint density at radius 3 is 2.67 bits per heavy atom. The van der Waals surface area contributed by atoms with Crippen molar-refractivity contribution in [1.82, 2.24) is 4.90 Å². The van der Waals surface area contributed by atoms with Gasteiger partial charge in [0.25, 0.3) is 0 Å². The Morgan fingerprint density at radius 2 is 2.08 bits per heavy atom. The minimum atomic E-state index is -4.71. The van der Waals surface area contributed by atoms with E-state index in [0.29, 0.717) is 18.8 Å². The largest absolute Gasteiger partial charge is 0.573 e. The molecule has 1 aromatic rings. The van der Waals surface area contributed by atoms with Crippen molar-refractivity contribution in [2.24, 2.45) is 10.7 Å². The highest BCUT2D eigenvalue weighted by molar-refractivity contribution is 14.0. The highest BCUT2D eigenvalue weighted by Crippen LogP contribution is 2.23.